The van der Waals surface area contributed by atoms with Crippen LogP contribution in [0.5, 0.6) is 5.88 Å². The molecule has 10 heteroatoms. The van der Waals surface area contributed by atoms with Gasteiger partial charge in [0.15, 0.2) is 17.1 Å². The van der Waals surface area contributed by atoms with Gasteiger partial charge in [-0.1, -0.05) is 0 Å². The molecular formula is C16H16F3N5O2. The number of halogens is 3. The zero-order valence-electron chi connectivity index (χ0n) is 14.3. The van der Waals surface area contributed by atoms with Gasteiger partial charge in [0.25, 0.3) is 0 Å². The fourth-order valence-electron chi connectivity index (χ4n) is 2.14. The van der Waals surface area contributed by atoms with Crippen molar-refractivity contribution in [2.24, 2.45) is 0 Å². The van der Waals surface area contributed by atoms with Crippen molar-refractivity contribution in [2.45, 2.75) is 32.2 Å². The molecule has 7 nitrogen and oxygen atoms in total. The number of rotatable bonds is 5. The Morgan fingerprint density at radius 2 is 1.85 bits per heavy atom. The predicted molar refractivity (Wildman–Crippen MR) is 85.5 cm³/mol. The number of fused-ring (bicyclic) bond motifs is 1. The number of alkyl halides is 3. The van der Waals surface area contributed by atoms with Crippen molar-refractivity contribution in [3.63, 3.8) is 0 Å². The van der Waals surface area contributed by atoms with Gasteiger partial charge in [-0.25, -0.2) is 4.98 Å². The number of ether oxygens (including phenoxy) is 2. The molecule has 0 aliphatic heterocycles. The molecule has 0 aliphatic carbocycles. The van der Waals surface area contributed by atoms with Crippen LogP contribution in [-0.2, 0) is 11.3 Å². The van der Waals surface area contributed by atoms with Crippen LogP contribution >= 0.6 is 0 Å². The molecule has 26 heavy (non-hydrogen) atoms. The average molecular weight is 367 g/mol. The van der Waals surface area contributed by atoms with Crippen molar-refractivity contribution in [3.05, 3.63) is 36.5 Å². The van der Waals surface area contributed by atoms with E-state index >= 15 is 0 Å². The lowest BCUT2D eigenvalue weighted by Gasteiger charge is -2.28. The average Bonchev–Trinajstić information content (AvgIpc) is 2.97. The van der Waals surface area contributed by atoms with Gasteiger partial charge in [-0.2, -0.15) is 13.2 Å². The summed E-state index contributed by atoms with van der Waals surface area (Å²) in [6, 6.07) is 2.96. The summed E-state index contributed by atoms with van der Waals surface area (Å²) in [4.78, 5) is 8.22. The Bertz CT molecular complexity index is 906. The minimum absolute atomic E-state index is 0.124. The Kier molecular flexibility index (Phi) is 4.53. The summed E-state index contributed by atoms with van der Waals surface area (Å²) < 4.78 is 50.4. The molecule has 0 amide bonds. The van der Waals surface area contributed by atoms with Gasteiger partial charge in [0, 0.05) is 31.1 Å². The van der Waals surface area contributed by atoms with E-state index in [2.05, 4.69) is 20.2 Å². The Morgan fingerprint density at radius 1 is 1.08 bits per heavy atom. The van der Waals surface area contributed by atoms with Gasteiger partial charge in [0.2, 0.25) is 5.88 Å². The Labute approximate surface area is 146 Å². The number of nitrogens with zero attached hydrogens (tertiary/aromatic N) is 5. The third-order valence-electron chi connectivity index (χ3n) is 3.71. The van der Waals surface area contributed by atoms with E-state index in [0.29, 0.717) is 22.7 Å². The van der Waals surface area contributed by atoms with Crippen LogP contribution in [-0.4, -0.2) is 43.5 Å². The van der Waals surface area contributed by atoms with Crippen molar-refractivity contribution in [3.8, 4) is 17.1 Å². The molecule has 0 spiro atoms. The van der Waals surface area contributed by atoms with Gasteiger partial charge < -0.3 is 9.47 Å². The molecule has 0 N–H and O–H groups in total. The van der Waals surface area contributed by atoms with E-state index < -0.39 is 11.8 Å². The lowest BCUT2D eigenvalue weighted by atomic mass is 10.1. The fourth-order valence-corrected chi connectivity index (χ4v) is 2.14. The topological polar surface area (TPSA) is 74.4 Å². The highest BCUT2D eigenvalue weighted by atomic mass is 19.4. The zero-order valence-corrected chi connectivity index (χ0v) is 14.3. The molecule has 0 aromatic carbocycles. The summed E-state index contributed by atoms with van der Waals surface area (Å²) in [5.41, 5.74) is -0.610. The lowest BCUT2D eigenvalue weighted by molar-refractivity contribution is -0.235. The molecule has 0 radical (unpaired) electrons. The van der Waals surface area contributed by atoms with Crippen molar-refractivity contribution in [2.75, 3.05) is 7.11 Å². The highest BCUT2D eigenvalue weighted by molar-refractivity contribution is 5.58. The maximum Gasteiger partial charge on any atom is 0.427 e. The quantitative estimate of drug-likeness (QED) is 0.690. The summed E-state index contributed by atoms with van der Waals surface area (Å²) in [6.45, 7) is 2.17. The molecule has 3 aromatic rings. The summed E-state index contributed by atoms with van der Waals surface area (Å²) >= 11 is 0. The van der Waals surface area contributed by atoms with E-state index in [1.165, 1.54) is 12.3 Å². The first-order valence-electron chi connectivity index (χ1n) is 7.62. The van der Waals surface area contributed by atoms with E-state index in [1.807, 2.05) is 0 Å². The molecule has 138 valence electrons. The standard InChI is InChI=1S/C16H16F3N5O2/c1-15(2,16(17,18)19)26-14-5-4-10(6-21-14)11-8-24-12(7-20-11)22-23-13(24)9-25-3/h4-8H,9H2,1-3H3. The van der Waals surface area contributed by atoms with E-state index in [1.54, 1.807) is 30.0 Å². The molecule has 0 aliphatic rings. The first-order valence-corrected chi connectivity index (χ1v) is 7.62. The highest BCUT2D eigenvalue weighted by Gasteiger charge is 2.50. The van der Waals surface area contributed by atoms with Crippen LogP contribution < -0.4 is 4.74 Å². The monoisotopic (exact) mass is 367 g/mol. The second-order valence-electron chi connectivity index (χ2n) is 6.05. The largest absolute Gasteiger partial charge is 0.462 e. The van der Waals surface area contributed by atoms with E-state index in [-0.39, 0.29) is 12.5 Å². The van der Waals surface area contributed by atoms with E-state index in [9.17, 15) is 13.2 Å². The Hall–Kier alpha value is -2.75. The van der Waals surface area contributed by atoms with Crippen LogP contribution in [0.1, 0.15) is 19.7 Å². The Balaban J connectivity index is 1.87. The van der Waals surface area contributed by atoms with Gasteiger partial charge in [0.05, 0.1) is 11.9 Å². The maximum atomic E-state index is 12.9. The molecule has 3 heterocycles. The van der Waals surface area contributed by atoms with Gasteiger partial charge >= 0.3 is 6.18 Å². The van der Waals surface area contributed by atoms with Crippen molar-refractivity contribution >= 4 is 5.65 Å². The van der Waals surface area contributed by atoms with Crippen LogP contribution in [0, 0.1) is 0 Å². The molecule has 0 saturated carbocycles. The molecule has 0 atom stereocenters. The normalized spacial score (nSPS) is 12.5. The predicted octanol–water partition coefficient (Wildman–Crippen LogP) is 3.05. The third kappa shape index (κ3) is 3.45. The fraction of sp³-hybridized carbons (Fsp3) is 0.375. The van der Waals surface area contributed by atoms with Crippen molar-refractivity contribution in [1.29, 1.82) is 0 Å². The van der Waals surface area contributed by atoms with Crippen molar-refractivity contribution in [1.82, 2.24) is 24.6 Å². The Morgan fingerprint density at radius 3 is 2.46 bits per heavy atom. The number of pyridine rings is 1. The van der Waals surface area contributed by atoms with E-state index in [0.717, 1.165) is 13.8 Å². The second kappa shape index (κ2) is 6.52. The summed E-state index contributed by atoms with van der Waals surface area (Å²) in [5.74, 6) is 0.479. The summed E-state index contributed by atoms with van der Waals surface area (Å²) in [5, 5.41) is 7.98. The second-order valence-corrected chi connectivity index (χ2v) is 6.05. The zero-order chi connectivity index (χ0) is 18.9. The van der Waals surface area contributed by atoms with E-state index in [4.69, 9.17) is 9.47 Å². The molecule has 0 fully saturated rings. The lowest BCUT2D eigenvalue weighted by Crippen LogP contribution is -2.44. The van der Waals surface area contributed by atoms with Crippen molar-refractivity contribution < 1.29 is 22.6 Å². The van der Waals surface area contributed by atoms with Gasteiger partial charge in [-0.05, 0) is 19.9 Å². The van der Waals surface area contributed by atoms with Crippen LogP contribution in [0.15, 0.2) is 30.7 Å². The molecule has 3 rings (SSSR count). The number of methoxy groups -OCH3 is 1. The molecular weight excluding hydrogens is 351 g/mol. The maximum absolute atomic E-state index is 12.9. The summed E-state index contributed by atoms with van der Waals surface area (Å²) in [7, 11) is 1.55. The van der Waals surface area contributed by atoms with Crippen LogP contribution in [0.25, 0.3) is 16.9 Å². The first-order chi connectivity index (χ1) is 12.2. The molecule has 3 aromatic heterocycles. The van der Waals surface area contributed by atoms with Crippen LogP contribution in [0.2, 0.25) is 0 Å². The minimum Gasteiger partial charge on any atom is -0.462 e. The van der Waals surface area contributed by atoms with Crippen LogP contribution in [0.3, 0.4) is 0 Å². The van der Waals surface area contributed by atoms with Crippen LogP contribution in [0.4, 0.5) is 13.2 Å². The SMILES string of the molecule is COCc1nnc2cnc(-c3ccc(OC(C)(C)C(F)(F)F)nc3)cn12. The van der Waals surface area contributed by atoms with Gasteiger partial charge in [-0.15, -0.1) is 10.2 Å². The van der Waals surface area contributed by atoms with Gasteiger partial charge in [0.1, 0.15) is 6.61 Å². The number of hydrogen-bond donors (Lipinski definition) is 0. The number of aromatic nitrogens is 5. The third-order valence-corrected chi connectivity index (χ3v) is 3.71. The molecule has 0 bridgehead atoms. The minimum atomic E-state index is -4.51. The van der Waals surface area contributed by atoms with Gasteiger partial charge in [-0.3, -0.25) is 9.38 Å². The number of hydrogen-bond acceptors (Lipinski definition) is 6. The smallest absolute Gasteiger partial charge is 0.427 e. The highest BCUT2D eigenvalue weighted by Crippen LogP contribution is 2.33. The molecule has 0 unspecified atom stereocenters. The molecule has 0 saturated heterocycles. The first kappa shape index (κ1) is 18.1. The summed E-state index contributed by atoms with van der Waals surface area (Å²) in [6.07, 6.45) is 0.141.